The first kappa shape index (κ1) is 14.3. The molecule has 0 radical (unpaired) electrons. The fourth-order valence-electron chi connectivity index (χ4n) is 3.31. The summed E-state index contributed by atoms with van der Waals surface area (Å²) in [7, 11) is 0. The van der Waals surface area contributed by atoms with Gasteiger partial charge in [0.2, 0.25) is 0 Å². The molecule has 1 fully saturated rings. The molecular formula is C18H17N3OS. The van der Waals surface area contributed by atoms with Gasteiger partial charge in [0.1, 0.15) is 5.69 Å². The quantitative estimate of drug-likeness (QED) is 0.742. The number of thiazole rings is 1. The van der Waals surface area contributed by atoms with Crippen LogP contribution in [0.15, 0.2) is 47.4 Å². The minimum atomic E-state index is 0.0600. The van der Waals surface area contributed by atoms with Crippen molar-refractivity contribution in [1.82, 2.24) is 14.9 Å². The molecule has 4 nitrogen and oxygen atoms in total. The zero-order valence-corrected chi connectivity index (χ0v) is 13.5. The van der Waals surface area contributed by atoms with Crippen LogP contribution in [0.1, 0.15) is 22.5 Å². The minimum absolute atomic E-state index is 0.0600. The standard InChI is InChI=1S/C18H17N3OS/c22-18(16-11-23-12-20-16)21-8-6-13(10-21)9-15-4-1-3-14-5-2-7-19-17(14)15/h1-5,7,11-13H,6,8-10H2. The third-order valence-corrected chi connectivity index (χ3v) is 5.04. The van der Waals surface area contributed by atoms with Crippen molar-refractivity contribution >= 4 is 28.1 Å². The molecule has 116 valence electrons. The fraction of sp³-hybridized carbons (Fsp3) is 0.278. The number of amides is 1. The molecule has 5 heteroatoms. The molecule has 1 amide bonds. The van der Waals surface area contributed by atoms with E-state index in [1.54, 1.807) is 5.51 Å². The number of carbonyl (C=O) groups is 1. The molecule has 2 aromatic heterocycles. The maximum Gasteiger partial charge on any atom is 0.273 e. The summed E-state index contributed by atoms with van der Waals surface area (Å²) >= 11 is 1.46. The monoisotopic (exact) mass is 323 g/mol. The van der Waals surface area contributed by atoms with E-state index < -0.39 is 0 Å². The third kappa shape index (κ3) is 2.84. The van der Waals surface area contributed by atoms with E-state index in [0.29, 0.717) is 11.6 Å². The number of pyridine rings is 1. The van der Waals surface area contributed by atoms with Gasteiger partial charge in [0.25, 0.3) is 5.91 Å². The van der Waals surface area contributed by atoms with Crippen LogP contribution in [0.2, 0.25) is 0 Å². The Kier molecular flexibility index (Phi) is 3.79. The van der Waals surface area contributed by atoms with Crippen LogP contribution >= 0.6 is 11.3 Å². The largest absolute Gasteiger partial charge is 0.337 e. The number of nitrogens with zero attached hydrogens (tertiary/aromatic N) is 3. The van der Waals surface area contributed by atoms with Crippen LogP contribution in [0.3, 0.4) is 0 Å². The van der Waals surface area contributed by atoms with Crippen molar-refractivity contribution in [3.8, 4) is 0 Å². The minimum Gasteiger partial charge on any atom is -0.337 e. The molecule has 23 heavy (non-hydrogen) atoms. The molecular weight excluding hydrogens is 306 g/mol. The summed E-state index contributed by atoms with van der Waals surface area (Å²) in [5.41, 5.74) is 4.64. The van der Waals surface area contributed by atoms with Crippen molar-refractivity contribution < 1.29 is 4.79 Å². The van der Waals surface area contributed by atoms with Gasteiger partial charge in [0, 0.05) is 30.1 Å². The van der Waals surface area contributed by atoms with Crippen molar-refractivity contribution in [2.75, 3.05) is 13.1 Å². The van der Waals surface area contributed by atoms with E-state index in [-0.39, 0.29) is 5.91 Å². The Morgan fingerprint density at radius 3 is 3.04 bits per heavy atom. The Labute approximate surface area is 138 Å². The fourth-order valence-corrected chi connectivity index (χ4v) is 3.83. The number of aromatic nitrogens is 2. The van der Waals surface area contributed by atoms with Gasteiger partial charge in [0.05, 0.1) is 11.0 Å². The Morgan fingerprint density at radius 2 is 2.17 bits per heavy atom. The molecule has 1 unspecified atom stereocenters. The van der Waals surface area contributed by atoms with Gasteiger partial charge in [-0.3, -0.25) is 9.78 Å². The molecule has 3 heterocycles. The topological polar surface area (TPSA) is 46.1 Å². The van der Waals surface area contributed by atoms with Crippen LogP contribution in [0.25, 0.3) is 10.9 Å². The molecule has 0 saturated carbocycles. The highest BCUT2D eigenvalue weighted by atomic mass is 32.1. The number of rotatable bonds is 3. The number of carbonyl (C=O) groups excluding carboxylic acids is 1. The average molecular weight is 323 g/mol. The van der Waals surface area contributed by atoms with Crippen LogP contribution in [0, 0.1) is 5.92 Å². The number of fused-ring (bicyclic) bond motifs is 1. The van der Waals surface area contributed by atoms with E-state index in [9.17, 15) is 4.79 Å². The Bertz CT molecular complexity index is 826. The molecule has 0 N–H and O–H groups in total. The van der Waals surface area contributed by atoms with E-state index in [1.807, 2.05) is 22.5 Å². The Balaban J connectivity index is 1.49. The lowest BCUT2D eigenvalue weighted by atomic mass is 9.97. The van der Waals surface area contributed by atoms with E-state index in [1.165, 1.54) is 22.3 Å². The Hall–Kier alpha value is -2.27. The van der Waals surface area contributed by atoms with Gasteiger partial charge in [-0.05, 0) is 30.4 Å². The lowest BCUT2D eigenvalue weighted by molar-refractivity contribution is 0.0782. The summed E-state index contributed by atoms with van der Waals surface area (Å²) in [4.78, 5) is 23.0. The zero-order chi connectivity index (χ0) is 15.6. The summed E-state index contributed by atoms with van der Waals surface area (Å²) in [6.07, 6.45) is 3.85. The first-order chi connectivity index (χ1) is 11.3. The van der Waals surface area contributed by atoms with Crippen molar-refractivity contribution in [2.24, 2.45) is 5.92 Å². The van der Waals surface area contributed by atoms with Gasteiger partial charge in [-0.15, -0.1) is 11.3 Å². The van der Waals surface area contributed by atoms with Gasteiger partial charge < -0.3 is 4.90 Å². The highest BCUT2D eigenvalue weighted by Crippen LogP contribution is 2.25. The normalized spacial score (nSPS) is 17.7. The second-order valence-electron chi connectivity index (χ2n) is 5.98. The van der Waals surface area contributed by atoms with Crippen molar-refractivity contribution in [1.29, 1.82) is 0 Å². The number of hydrogen-bond acceptors (Lipinski definition) is 4. The summed E-state index contributed by atoms with van der Waals surface area (Å²) in [6.45, 7) is 1.62. The van der Waals surface area contributed by atoms with Gasteiger partial charge in [-0.2, -0.15) is 0 Å². The zero-order valence-electron chi connectivity index (χ0n) is 12.7. The van der Waals surface area contributed by atoms with Crippen molar-refractivity contribution in [3.05, 3.63) is 58.7 Å². The molecule has 0 aliphatic carbocycles. The second-order valence-corrected chi connectivity index (χ2v) is 6.69. The van der Waals surface area contributed by atoms with E-state index in [2.05, 4.69) is 34.2 Å². The number of hydrogen-bond donors (Lipinski definition) is 0. The smallest absolute Gasteiger partial charge is 0.273 e. The third-order valence-electron chi connectivity index (χ3n) is 4.45. The first-order valence-electron chi connectivity index (χ1n) is 7.81. The van der Waals surface area contributed by atoms with Gasteiger partial charge in [-0.1, -0.05) is 24.3 Å². The van der Waals surface area contributed by atoms with Gasteiger partial charge in [-0.25, -0.2) is 4.98 Å². The molecule has 0 spiro atoms. The highest BCUT2D eigenvalue weighted by Gasteiger charge is 2.28. The number of likely N-dealkylation sites (tertiary alicyclic amines) is 1. The van der Waals surface area contributed by atoms with Crippen LogP contribution in [-0.4, -0.2) is 33.9 Å². The predicted octanol–water partition coefficient (Wildman–Crippen LogP) is 3.40. The molecule has 1 saturated heterocycles. The summed E-state index contributed by atoms with van der Waals surface area (Å²) in [5.74, 6) is 0.551. The number of para-hydroxylation sites is 1. The lowest BCUT2D eigenvalue weighted by Crippen LogP contribution is -2.29. The molecule has 3 aromatic rings. The predicted molar refractivity (Wildman–Crippen MR) is 91.6 cm³/mol. The summed E-state index contributed by atoms with van der Waals surface area (Å²) in [6, 6.07) is 10.4. The maximum atomic E-state index is 12.4. The summed E-state index contributed by atoms with van der Waals surface area (Å²) < 4.78 is 0. The van der Waals surface area contributed by atoms with Crippen LogP contribution in [0.5, 0.6) is 0 Å². The molecule has 1 aromatic carbocycles. The molecule has 1 aliphatic heterocycles. The first-order valence-corrected chi connectivity index (χ1v) is 8.75. The van der Waals surface area contributed by atoms with Gasteiger partial charge in [0.15, 0.2) is 0 Å². The van der Waals surface area contributed by atoms with Crippen LogP contribution in [-0.2, 0) is 6.42 Å². The summed E-state index contributed by atoms with van der Waals surface area (Å²) in [5, 5.41) is 3.00. The van der Waals surface area contributed by atoms with E-state index in [4.69, 9.17) is 0 Å². The van der Waals surface area contributed by atoms with Crippen LogP contribution < -0.4 is 0 Å². The van der Waals surface area contributed by atoms with E-state index >= 15 is 0 Å². The molecule has 1 aliphatic rings. The highest BCUT2D eigenvalue weighted by molar-refractivity contribution is 7.07. The number of benzene rings is 1. The molecule has 1 atom stereocenters. The second kappa shape index (κ2) is 6.08. The maximum absolute atomic E-state index is 12.4. The Morgan fingerprint density at radius 1 is 1.26 bits per heavy atom. The average Bonchev–Trinajstić information content (AvgIpc) is 3.27. The van der Waals surface area contributed by atoms with Gasteiger partial charge >= 0.3 is 0 Å². The lowest BCUT2D eigenvalue weighted by Gasteiger charge is -2.15. The van der Waals surface area contributed by atoms with Crippen molar-refractivity contribution in [2.45, 2.75) is 12.8 Å². The van der Waals surface area contributed by atoms with E-state index in [0.717, 1.165) is 31.4 Å². The molecule has 0 bridgehead atoms. The molecule has 4 rings (SSSR count). The van der Waals surface area contributed by atoms with Crippen LogP contribution in [0.4, 0.5) is 0 Å². The SMILES string of the molecule is O=C(c1cscn1)N1CCC(Cc2cccc3cccnc23)C1. The van der Waals surface area contributed by atoms with Crippen molar-refractivity contribution in [3.63, 3.8) is 0 Å².